The van der Waals surface area contributed by atoms with Gasteiger partial charge in [-0.05, 0) is 13.3 Å². The van der Waals surface area contributed by atoms with E-state index in [2.05, 4.69) is 4.98 Å². The number of carbonyl (C=O) groups is 2. The largest absolute Gasteiger partial charge is 0.476 e. The van der Waals surface area contributed by atoms with Gasteiger partial charge in [0.15, 0.2) is 10.7 Å². The summed E-state index contributed by atoms with van der Waals surface area (Å²) < 4.78 is 5.46. The van der Waals surface area contributed by atoms with E-state index in [4.69, 9.17) is 9.84 Å². The molecule has 1 unspecified atom stereocenters. The molecule has 1 amide bonds. The van der Waals surface area contributed by atoms with Crippen LogP contribution in [0.3, 0.4) is 0 Å². The smallest absolute Gasteiger partial charge is 0.355 e. The molecule has 0 aliphatic carbocycles. The van der Waals surface area contributed by atoms with Gasteiger partial charge in [-0.3, -0.25) is 4.79 Å². The van der Waals surface area contributed by atoms with E-state index in [9.17, 15) is 9.59 Å². The molecule has 1 fully saturated rings. The zero-order valence-electron chi connectivity index (χ0n) is 9.96. The van der Waals surface area contributed by atoms with Gasteiger partial charge in [-0.2, -0.15) is 0 Å². The Kier molecular flexibility index (Phi) is 3.93. The number of thiazole rings is 1. The van der Waals surface area contributed by atoms with E-state index >= 15 is 0 Å². The van der Waals surface area contributed by atoms with Crippen molar-refractivity contribution in [3.63, 3.8) is 0 Å². The van der Waals surface area contributed by atoms with Gasteiger partial charge in [0.1, 0.15) is 0 Å². The lowest BCUT2D eigenvalue weighted by molar-refractivity contribution is 0.0562. The number of ether oxygens (including phenoxy) is 1. The van der Waals surface area contributed by atoms with Crippen molar-refractivity contribution in [1.29, 1.82) is 0 Å². The van der Waals surface area contributed by atoms with Crippen molar-refractivity contribution in [2.24, 2.45) is 0 Å². The summed E-state index contributed by atoms with van der Waals surface area (Å²) in [5, 5.41) is 10.4. The van der Waals surface area contributed by atoms with Crippen molar-refractivity contribution in [2.75, 3.05) is 19.7 Å². The lowest BCUT2D eigenvalue weighted by Crippen LogP contribution is -2.35. The fourth-order valence-corrected chi connectivity index (χ4v) is 2.54. The molecule has 98 valence electrons. The molecule has 1 aromatic heterocycles. The molecule has 0 bridgehead atoms. The molecule has 0 spiro atoms. The van der Waals surface area contributed by atoms with Crippen LogP contribution in [0.15, 0.2) is 5.38 Å². The first-order valence-corrected chi connectivity index (χ1v) is 6.55. The number of amides is 1. The van der Waals surface area contributed by atoms with E-state index in [-0.39, 0.29) is 22.7 Å². The number of hydrogen-bond acceptors (Lipinski definition) is 5. The summed E-state index contributed by atoms with van der Waals surface area (Å²) in [6, 6.07) is 0. The molecule has 0 aromatic carbocycles. The fourth-order valence-electron chi connectivity index (χ4n) is 1.78. The monoisotopic (exact) mass is 270 g/mol. The van der Waals surface area contributed by atoms with Crippen molar-refractivity contribution >= 4 is 23.2 Å². The van der Waals surface area contributed by atoms with Gasteiger partial charge < -0.3 is 14.7 Å². The number of hydrogen-bond donors (Lipinski definition) is 1. The zero-order valence-corrected chi connectivity index (χ0v) is 10.8. The second-order valence-electron chi connectivity index (χ2n) is 4.13. The van der Waals surface area contributed by atoms with Crippen LogP contribution in [-0.4, -0.2) is 52.7 Å². The maximum Gasteiger partial charge on any atom is 0.355 e. The molecule has 1 N–H and O–H groups in total. The van der Waals surface area contributed by atoms with E-state index in [0.29, 0.717) is 19.7 Å². The van der Waals surface area contributed by atoms with Gasteiger partial charge in [0.25, 0.3) is 5.91 Å². The Morgan fingerprint density at radius 2 is 2.39 bits per heavy atom. The number of carboxylic acid groups (broad SMARTS) is 1. The average Bonchev–Trinajstić information content (AvgIpc) is 2.72. The highest BCUT2D eigenvalue weighted by atomic mass is 32.1. The zero-order chi connectivity index (χ0) is 13.1. The first-order valence-electron chi connectivity index (χ1n) is 5.67. The van der Waals surface area contributed by atoms with Crippen LogP contribution in [0.2, 0.25) is 0 Å². The third-order valence-electron chi connectivity index (χ3n) is 2.65. The van der Waals surface area contributed by atoms with E-state index < -0.39 is 5.97 Å². The van der Waals surface area contributed by atoms with Crippen molar-refractivity contribution in [2.45, 2.75) is 19.4 Å². The normalized spacial score (nSPS) is 20.5. The Morgan fingerprint density at radius 3 is 3.06 bits per heavy atom. The van der Waals surface area contributed by atoms with Crippen molar-refractivity contribution < 1.29 is 19.4 Å². The minimum absolute atomic E-state index is 0.00430. The van der Waals surface area contributed by atoms with Crippen LogP contribution in [0.5, 0.6) is 0 Å². The van der Waals surface area contributed by atoms with E-state index in [1.54, 1.807) is 4.90 Å². The van der Waals surface area contributed by atoms with Crippen LogP contribution >= 0.6 is 11.3 Å². The molecule has 1 aliphatic heterocycles. The molecular weight excluding hydrogens is 256 g/mol. The summed E-state index contributed by atoms with van der Waals surface area (Å²) in [5.41, 5.74) is -0.0810. The van der Waals surface area contributed by atoms with Gasteiger partial charge in [0.05, 0.1) is 6.10 Å². The SMILES string of the molecule is CC1CN(C(=O)c2nc(C(=O)O)cs2)CCCO1. The number of carboxylic acids is 1. The second-order valence-corrected chi connectivity index (χ2v) is 4.99. The summed E-state index contributed by atoms with van der Waals surface area (Å²) >= 11 is 1.06. The van der Waals surface area contributed by atoms with Gasteiger partial charge in [-0.15, -0.1) is 11.3 Å². The van der Waals surface area contributed by atoms with Gasteiger partial charge >= 0.3 is 5.97 Å². The van der Waals surface area contributed by atoms with Gasteiger partial charge in [-0.1, -0.05) is 0 Å². The predicted molar refractivity (Wildman–Crippen MR) is 65.0 cm³/mol. The molecule has 2 heterocycles. The van der Waals surface area contributed by atoms with Crippen molar-refractivity contribution in [3.8, 4) is 0 Å². The average molecular weight is 270 g/mol. The second kappa shape index (κ2) is 5.45. The Balaban J connectivity index is 2.11. The van der Waals surface area contributed by atoms with Crippen LogP contribution < -0.4 is 0 Å². The summed E-state index contributed by atoms with van der Waals surface area (Å²) in [5.74, 6) is -1.33. The van der Waals surface area contributed by atoms with Gasteiger partial charge in [0.2, 0.25) is 0 Å². The molecule has 6 nitrogen and oxygen atoms in total. The standard InChI is InChI=1S/C11H14N2O4S/c1-7-5-13(3-2-4-17-7)10(14)9-12-8(6-18-9)11(15)16/h6-7H,2-5H2,1H3,(H,15,16). The van der Waals surface area contributed by atoms with Gasteiger partial charge in [-0.25, -0.2) is 9.78 Å². The Labute approximate surface area is 108 Å². The molecule has 0 radical (unpaired) electrons. The lowest BCUT2D eigenvalue weighted by atomic mass is 10.3. The third-order valence-corrected chi connectivity index (χ3v) is 3.48. The van der Waals surface area contributed by atoms with Crippen LogP contribution in [0.25, 0.3) is 0 Å². The number of rotatable bonds is 2. The van der Waals surface area contributed by atoms with Crippen LogP contribution in [0.1, 0.15) is 33.6 Å². The minimum atomic E-state index is -1.11. The number of aromatic nitrogens is 1. The topological polar surface area (TPSA) is 79.7 Å². The fraction of sp³-hybridized carbons (Fsp3) is 0.545. The molecule has 1 aromatic rings. The highest BCUT2D eigenvalue weighted by molar-refractivity contribution is 7.11. The molecule has 1 saturated heterocycles. The molecule has 1 aliphatic rings. The highest BCUT2D eigenvalue weighted by Gasteiger charge is 2.24. The first-order chi connectivity index (χ1) is 8.58. The highest BCUT2D eigenvalue weighted by Crippen LogP contribution is 2.15. The Hall–Kier alpha value is -1.47. The number of nitrogens with zero attached hydrogens (tertiary/aromatic N) is 2. The van der Waals surface area contributed by atoms with E-state index in [1.807, 2.05) is 6.92 Å². The molecular formula is C11H14N2O4S. The Bertz CT molecular complexity index is 460. The number of carbonyl (C=O) groups excluding carboxylic acids is 1. The van der Waals surface area contributed by atoms with E-state index in [0.717, 1.165) is 17.8 Å². The minimum Gasteiger partial charge on any atom is -0.476 e. The van der Waals surface area contributed by atoms with E-state index in [1.165, 1.54) is 5.38 Å². The van der Waals surface area contributed by atoms with Crippen LogP contribution in [0, 0.1) is 0 Å². The summed E-state index contributed by atoms with van der Waals surface area (Å²) in [6.07, 6.45) is 0.781. The van der Waals surface area contributed by atoms with Crippen molar-refractivity contribution in [1.82, 2.24) is 9.88 Å². The molecule has 18 heavy (non-hydrogen) atoms. The molecule has 7 heteroatoms. The first kappa shape index (κ1) is 13.0. The molecule has 2 rings (SSSR count). The lowest BCUT2D eigenvalue weighted by Gasteiger charge is -2.20. The maximum absolute atomic E-state index is 12.2. The Morgan fingerprint density at radius 1 is 1.61 bits per heavy atom. The molecule has 1 atom stereocenters. The molecule has 0 saturated carbocycles. The number of aromatic carboxylic acids is 1. The summed E-state index contributed by atoms with van der Waals surface area (Å²) in [6.45, 7) is 3.69. The van der Waals surface area contributed by atoms with Crippen LogP contribution in [0.4, 0.5) is 0 Å². The quantitative estimate of drug-likeness (QED) is 0.870. The third kappa shape index (κ3) is 2.85. The van der Waals surface area contributed by atoms with Crippen LogP contribution in [-0.2, 0) is 4.74 Å². The van der Waals surface area contributed by atoms with Crippen molar-refractivity contribution in [3.05, 3.63) is 16.1 Å². The maximum atomic E-state index is 12.2. The summed E-state index contributed by atoms with van der Waals surface area (Å²) in [7, 11) is 0. The summed E-state index contributed by atoms with van der Waals surface area (Å²) in [4.78, 5) is 28.4. The van der Waals surface area contributed by atoms with Gasteiger partial charge in [0, 0.05) is 25.1 Å². The predicted octanol–water partition coefficient (Wildman–Crippen LogP) is 1.09.